The Labute approximate surface area is 151 Å². The van der Waals surface area contributed by atoms with Crippen molar-refractivity contribution >= 4 is 23.8 Å². The third kappa shape index (κ3) is 6.58. The lowest BCUT2D eigenvalue weighted by Crippen LogP contribution is -2.46. The van der Waals surface area contributed by atoms with Crippen LogP contribution in [-0.4, -0.2) is 40.8 Å². The first-order valence-corrected chi connectivity index (χ1v) is 8.06. The molecule has 1 atom stereocenters. The number of carbonyl (C=O) groups is 4. The van der Waals surface area contributed by atoms with Gasteiger partial charge in [-0.05, 0) is 27.2 Å². The van der Waals surface area contributed by atoms with Crippen molar-refractivity contribution in [1.29, 1.82) is 0 Å². The highest BCUT2D eigenvalue weighted by molar-refractivity contribution is 6.16. The number of ether oxygens (including phenoxy) is 2. The number of aliphatic carboxylic acids is 1. The van der Waals surface area contributed by atoms with Crippen molar-refractivity contribution in [3.63, 3.8) is 0 Å². The van der Waals surface area contributed by atoms with Gasteiger partial charge in [0.15, 0.2) is 5.57 Å². The van der Waals surface area contributed by atoms with E-state index in [-0.39, 0.29) is 18.7 Å². The van der Waals surface area contributed by atoms with E-state index in [1.807, 2.05) is 0 Å². The highest BCUT2D eigenvalue weighted by atomic mass is 16.7. The molecule has 3 N–H and O–H groups in total. The smallest absolute Gasteiger partial charge is 0.352 e. The maximum atomic E-state index is 12.2. The van der Waals surface area contributed by atoms with Crippen molar-refractivity contribution in [2.75, 3.05) is 0 Å². The maximum absolute atomic E-state index is 12.2. The summed E-state index contributed by atoms with van der Waals surface area (Å²) in [6.07, 6.45) is 1.37. The van der Waals surface area contributed by atoms with E-state index < -0.39 is 41.2 Å². The number of allylic oxidation sites excluding steroid dienone is 1. The fourth-order valence-corrected chi connectivity index (χ4v) is 2.11. The summed E-state index contributed by atoms with van der Waals surface area (Å²) in [5.74, 6) is -5.04. The van der Waals surface area contributed by atoms with Gasteiger partial charge in [0.1, 0.15) is 5.82 Å². The van der Waals surface area contributed by atoms with Gasteiger partial charge in [-0.2, -0.15) is 0 Å². The number of hydrogen-bond donors (Lipinski definition) is 3. The minimum Gasteiger partial charge on any atom is -0.481 e. The molecule has 9 nitrogen and oxygen atoms in total. The number of rotatable bonds is 7. The number of carbonyl (C=O) groups excluding carboxylic acids is 3. The monoisotopic (exact) mass is 368 g/mol. The lowest BCUT2D eigenvalue weighted by atomic mass is 10.1. The molecule has 26 heavy (non-hydrogen) atoms. The molecule has 0 bridgehead atoms. The second kappa shape index (κ2) is 8.50. The molecular formula is C17H24N2O7. The van der Waals surface area contributed by atoms with E-state index in [4.69, 9.17) is 14.6 Å². The fourth-order valence-electron chi connectivity index (χ4n) is 2.11. The van der Waals surface area contributed by atoms with Crippen molar-refractivity contribution < 1.29 is 33.8 Å². The van der Waals surface area contributed by atoms with Crippen molar-refractivity contribution in [2.45, 2.75) is 59.3 Å². The Hall–Kier alpha value is -2.84. The predicted molar refractivity (Wildman–Crippen MR) is 90.3 cm³/mol. The molecule has 0 unspecified atom stereocenters. The van der Waals surface area contributed by atoms with Crippen molar-refractivity contribution in [1.82, 2.24) is 10.6 Å². The van der Waals surface area contributed by atoms with Gasteiger partial charge < -0.3 is 25.2 Å². The highest BCUT2D eigenvalue weighted by Gasteiger charge is 2.41. The second-order valence-electron chi connectivity index (χ2n) is 6.62. The van der Waals surface area contributed by atoms with E-state index in [9.17, 15) is 19.2 Å². The summed E-state index contributed by atoms with van der Waals surface area (Å²) >= 11 is 0. The molecule has 1 aliphatic heterocycles. The summed E-state index contributed by atoms with van der Waals surface area (Å²) in [4.78, 5) is 47.2. The molecule has 9 heteroatoms. The van der Waals surface area contributed by atoms with Crippen LogP contribution in [0.2, 0.25) is 0 Å². The summed E-state index contributed by atoms with van der Waals surface area (Å²) in [5, 5.41) is 14.0. The second-order valence-corrected chi connectivity index (χ2v) is 6.62. The topological polar surface area (TPSA) is 131 Å². The average molecular weight is 368 g/mol. The molecule has 1 heterocycles. The number of amides is 1. The van der Waals surface area contributed by atoms with Crippen LogP contribution in [-0.2, 0) is 28.7 Å². The lowest BCUT2D eigenvalue weighted by molar-refractivity contribution is -0.222. The molecule has 1 saturated heterocycles. The fraction of sp³-hybridized carbons (Fsp3) is 0.529. The van der Waals surface area contributed by atoms with Crippen LogP contribution in [0.15, 0.2) is 23.0 Å². The van der Waals surface area contributed by atoms with E-state index in [1.54, 1.807) is 20.8 Å². The zero-order valence-electron chi connectivity index (χ0n) is 15.5. The zero-order chi connectivity index (χ0) is 20.1. The van der Waals surface area contributed by atoms with E-state index in [0.717, 1.165) is 0 Å². The molecule has 0 spiro atoms. The van der Waals surface area contributed by atoms with E-state index in [2.05, 4.69) is 10.6 Å². The quantitative estimate of drug-likeness (QED) is 0.344. The van der Waals surface area contributed by atoms with Gasteiger partial charge in [0, 0.05) is 32.4 Å². The molecule has 1 fully saturated rings. The van der Waals surface area contributed by atoms with Crippen molar-refractivity contribution in [3.05, 3.63) is 23.0 Å². The molecule has 144 valence electrons. The van der Waals surface area contributed by atoms with Crippen LogP contribution in [0, 0.1) is 0 Å². The Morgan fingerprint density at radius 2 is 1.73 bits per heavy atom. The Kier molecular flexibility index (Phi) is 6.93. The van der Waals surface area contributed by atoms with Crippen LogP contribution < -0.4 is 10.6 Å². The highest BCUT2D eigenvalue weighted by Crippen LogP contribution is 2.23. The third-order valence-electron chi connectivity index (χ3n) is 3.19. The van der Waals surface area contributed by atoms with Crippen LogP contribution in [0.25, 0.3) is 0 Å². The molecule has 0 radical (unpaired) electrons. The van der Waals surface area contributed by atoms with Gasteiger partial charge in [-0.15, -0.1) is 0 Å². The average Bonchev–Trinajstić information content (AvgIpc) is 2.41. The Morgan fingerprint density at radius 1 is 1.19 bits per heavy atom. The molecule has 0 aromatic rings. The number of esters is 2. The molecule has 0 saturated carbocycles. The number of hydrogen-bond acceptors (Lipinski definition) is 7. The molecule has 0 aromatic carbocycles. The predicted octanol–water partition coefficient (Wildman–Crippen LogP) is 0.959. The lowest BCUT2D eigenvalue weighted by Gasteiger charge is -2.31. The molecule has 0 aliphatic carbocycles. The van der Waals surface area contributed by atoms with E-state index in [1.165, 1.54) is 19.9 Å². The SMILES string of the molecule is CC(C)=CC(=O)NC(N[C@@H](C)CCC(=O)O)=C1C(=O)OC(C)(C)OC1=O. The molecule has 0 aromatic heterocycles. The summed E-state index contributed by atoms with van der Waals surface area (Å²) in [6, 6.07) is -0.448. The molecule has 1 amide bonds. The summed E-state index contributed by atoms with van der Waals surface area (Å²) < 4.78 is 10.1. The van der Waals surface area contributed by atoms with Crippen LogP contribution in [0.5, 0.6) is 0 Å². The van der Waals surface area contributed by atoms with Crippen LogP contribution >= 0.6 is 0 Å². The standard InChI is InChI=1S/C17H24N2O7/c1-9(2)8-11(20)19-14(18-10(3)6-7-12(21)22)13-15(23)25-17(4,5)26-16(13)24/h8,10,18H,6-7H2,1-5H3,(H,19,20)(H,21,22)/t10-/m0/s1. The minimum absolute atomic E-state index is 0.124. The van der Waals surface area contributed by atoms with Gasteiger partial charge in [0.2, 0.25) is 5.91 Å². The Morgan fingerprint density at radius 3 is 2.19 bits per heavy atom. The summed E-state index contributed by atoms with van der Waals surface area (Å²) in [6.45, 7) is 7.88. The van der Waals surface area contributed by atoms with Crippen LogP contribution in [0.3, 0.4) is 0 Å². The van der Waals surface area contributed by atoms with Gasteiger partial charge in [0.25, 0.3) is 5.79 Å². The van der Waals surface area contributed by atoms with Crippen LogP contribution in [0.1, 0.15) is 47.5 Å². The molecular weight excluding hydrogens is 344 g/mol. The summed E-state index contributed by atoms with van der Waals surface area (Å²) in [5.41, 5.74) is 0.225. The normalized spacial score (nSPS) is 16.7. The van der Waals surface area contributed by atoms with Gasteiger partial charge in [-0.3, -0.25) is 9.59 Å². The Bertz CT molecular complexity index is 651. The van der Waals surface area contributed by atoms with Crippen molar-refractivity contribution in [3.8, 4) is 0 Å². The maximum Gasteiger partial charge on any atom is 0.352 e. The Balaban J connectivity index is 3.15. The van der Waals surface area contributed by atoms with Gasteiger partial charge in [0.05, 0.1) is 0 Å². The third-order valence-corrected chi connectivity index (χ3v) is 3.19. The van der Waals surface area contributed by atoms with Gasteiger partial charge in [-0.1, -0.05) is 5.57 Å². The van der Waals surface area contributed by atoms with Gasteiger partial charge >= 0.3 is 17.9 Å². The van der Waals surface area contributed by atoms with E-state index >= 15 is 0 Å². The summed E-state index contributed by atoms with van der Waals surface area (Å²) in [7, 11) is 0. The van der Waals surface area contributed by atoms with E-state index in [0.29, 0.717) is 5.57 Å². The minimum atomic E-state index is -1.42. The van der Waals surface area contributed by atoms with Crippen molar-refractivity contribution in [2.24, 2.45) is 0 Å². The van der Waals surface area contributed by atoms with Crippen LogP contribution in [0.4, 0.5) is 0 Å². The van der Waals surface area contributed by atoms with Gasteiger partial charge in [-0.25, -0.2) is 9.59 Å². The number of cyclic esters (lactones) is 2. The number of carboxylic acid groups (broad SMARTS) is 1. The number of nitrogens with one attached hydrogen (secondary N) is 2. The first-order valence-electron chi connectivity index (χ1n) is 8.06. The zero-order valence-corrected chi connectivity index (χ0v) is 15.5. The molecule has 1 aliphatic rings. The molecule has 1 rings (SSSR count). The largest absolute Gasteiger partial charge is 0.481 e. The first kappa shape index (κ1) is 21.2. The number of carboxylic acids is 1. The first-order chi connectivity index (χ1) is 11.9.